The lowest BCUT2D eigenvalue weighted by atomic mass is 9.51. The Hall–Kier alpha value is -1.30. The van der Waals surface area contributed by atoms with Crippen molar-refractivity contribution < 1.29 is 23.8 Å². The minimum atomic E-state index is -0.651. The molecule has 4 aliphatic carbocycles. The van der Waals surface area contributed by atoms with E-state index in [1.165, 1.54) is 32.1 Å². The molecule has 1 heterocycles. The van der Waals surface area contributed by atoms with Crippen molar-refractivity contribution in [3.63, 3.8) is 0 Å². The molecule has 1 radical (unpaired) electrons. The summed E-state index contributed by atoms with van der Waals surface area (Å²) in [6.45, 7) is 9.94. The number of esters is 1. The maximum atomic E-state index is 12.4. The van der Waals surface area contributed by atoms with Gasteiger partial charge in [0.25, 0.3) is 0 Å². The standard InChI is InChI=1S/C25H40NO5/c1-3-26-6-4-5-18(13-26)16-31-25(28)30-15-17(2)14-29-24(27)12-23-21-8-19-7-20(10-21)11-22(23)9-19/h17-23H,2-16H2,1H3. The Morgan fingerprint density at radius 2 is 1.68 bits per heavy atom. The number of nitrogens with zero attached hydrogens (tertiary/aromatic N) is 1. The summed E-state index contributed by atoms with van der Waals surface area (Å²) >= 11 is 0. The van der Waals surface area contributed by atoms with Crippen LogP contribution in [0.3, 0.4) is 0 Å². The van der Waals surface area contributed by atoms with E-state index in [-0.39, 0.29) is 25.1 Å². The van der Waals surface area contributed by atoms with Gasteiger partial charge in [-0.3, -0.25) is 4.79 Å². The van der Waals surface area contributed by atoms with Crippen LogP contribution in [0, 0.1) is 48.3 Å². The molecule has 175 valence electrons. The molecule has 4 saturated carbocycles. The molecule has 6 heteroatoms. The maximum Gasteiger partial charge on any atom is 0.508 e. The van der Waals surface area contributed by atoms with Crippen molar-refractivity contribution in [1.82, 2.24) is 4.90 Å². The van der Waals surface area contributed by atoms with Gasteiger partial charge < -0.3 is 19.1 Å². The van der Waals surface area contributed by atoms with Crippen molar-refractivity contribution in [1.29, 1.82) is 0 Å². The van der Waals surface area contributed by atoms with Crippen LogP contribution in [0.15, 0.2) is 0 Å². The second-order valence-electron chi connectivity index (χ2n) is 10.6. The predicted molar refractivity (Wildman–Crippen MR) is 117 cm³/mol. The summed E-state index contributed by atoms with van der Waals surface area (Å²) in [4.78, 5) is 26.7. The molecule has 0 aromatic heterocycles. The van der Waals surface area contributed by atoms with Crippen LogP contribution in [-0.4, -0.2) is 56.5 Å². The lowest BCUT2D eigenvalue weighted by molar-refractivity contribution is -0.150. The van der Waals surface area contributed by atoms with Crippen LogP contribution < -0.4 is 0 Å². The van der Waals surface area contributed by atoms with Crippen LogP contribution in [0.1, 0.15) is 58.3 Å². The van der Waals surface area contributed by atoms with Crippen molar-refractivity contribution in [2.24, 2.45) is 41.4 Å². The van der Waals surface area contributed by atoms with Crippen molar-refractivity contribution >= 4 is 12.1 Å². The molecule has 0 aromatic carbocycles. The molecule has 5 rings (SSSR count). The lowest BCUT2D eigenvalue weighted by Crippen LogP contribution is -2.45. The fourth-order valence-electron chi connectivity index (χ4n) is 6.87. The third kappa shape index (κ3) is 6.15. The Balaban J connectivity index is 1.08. The fourth-order valence-corrected chi connectivity index (χ4v) is 6.87. The Morgan fingerprint density at radius 1 is 1.00 bits per heavy atom. The lowest BCUT2D eigenvalue weighted by Gasteiger charge is -2.54. The third-order valence-corrected chi connectivity index (χ3v) is 8.23. The number of hydrogen-bond donors (Lipinski definition) is 0. The van der Waals surface area contributed by atoms with Gasteiger partial charge in [-0.2, -0.15) is 0 Å². The maximum absolute atomic E-state index is 12.4. The topological polar surface area (TPSA) is 65.1 Å². The Morgan fingerprint density at radius 3 is 2.35 bits per heavy atom. The van der Waals surface area contributed by atoms with Gasteiger partial charge in [-0.25, -0.2) is 4.79 Å². The van der Waals surface area contributed by atoms with E-state index in [1.54, 1.807) is 0 Å². The molecule has 0 spiro atoms. The molecule has 5 fully saturated rings. The second-order valence-corrected chi connectivity index (χ2v) is 10.6. The van der Waals surface area contributed by atoms with E-state index in [1.807, 2.05) is 0 Å². The molecular formula is C25H40NO5. The SMILES string of the molecule is [CH2]C(COC(=O)CC1C2CC3CC(C2)CC1C3)COC(=O)OCC1CCCN(CC)C1. The van der Waals surface area contributed by atoms with Crippen molar-refractivity contribution in [3.05, 3.63) is 6.92 Å². The number of ether oxygens (including phenoxy) is 3. The third-order valence-electron chi connectivity index (χ3n) is 8.23. The summed E-state index contributed by atoms with van der Waals surface area (Å²) in [6, 6.07) is 0. The average Bonchev–Trinajstić information content (AvgIpc) is 2.77. The number of likely N-dealkylation sites (tertiary alicyclic amines) is 1. The number of piperidine rings is 1. The monoisotopic (exact) mass is 434 g/mol. The van der Waals surface area contributed by atoms with Crippen LogP contribution in [0.5, 0.6) is 0 Å². The number of carbonyl (C=O) groups is 2. The molecular weight excluding hydrogens is 394 g/mol. The van der Waals surface area contributed by atoms with Crippen LogP contribution >= 0.6 is 0 Å². The van der Waals surface area contributed by atoms with Crippen LogP contribution in [0.4, 0.5) is 4.79 Å². The summed E-state index contributed by atoms with van der Waals surface area (Å²) < 4.78 is 15.9. The van der Waals surface area contributed by atoms with Crippen molar-refractivity contribution in [2.45, 2.75) is 58.3 Å². The van der Waals surface area contributed by atoms with E-state index in [0.717, 1.165) is 56.1 Å². The normalized spacial score (nSPS) is 35.5. The highest BCUT2D eigenvalue weighted by molar-refractivity contribution is 5.69. The molecule has 2 unspecified atom stereocenters. The summed E-state index contributed by atoms with van der Waals surface area (Å²) in [6.07, 6.45) is 8.81. The van der Waals surface area contributed by atoms with E-state index in [4.69, 9.17) is 14.2 Å². The molecule has 2 atom stereocenters. The van der Waals surface area contributed by atoms with Crippen LogP contribution in [-0.2, 0) is 19.0 Å². The van der Waals surface area contributed by atoms with Crippen molar-refractivity contribution in [3.8, 4) is 0 Å². The Kier molecular flexibility index (Phi) is 7.78. The molecule has 31 heavy (non-hydrogen) atoms. The molecule has 5 aliphatic rings. The van der Waals surface area contributed by atoms with Gasteiger partial charge in [0.15, 0.2) is 0 Å². The molecule has 4 bridgehead atoms. The van der Waals surface area contributed by atoms with Crippen LogP contribution in [0.25, 0.3) is 0 Å². The van der Waals surface area contributed by atoms with E-state index in [2.05, 4.69) is 18.7 Å². The quantitative estimate of drug-likeness (QED) is 0.504. The van der Waals surface area contributed by atoms with Gasteiger partial charge in [-0.05, 0) is 94.5 Å². The first-order valence-electron chi connectivity index (χ1n) is 12.5. The van der Waals surface area contributed by atoms with E-state index >= 15 is 0 Å². The van der Waals surface area contributed by atoms with Gasteiger partial charge in [0, 0.05) is 24.8 Å². The summed E-state index contributed by atoms with van der Waals surface area (Å²) in [7, 11) is 0. The molecule has 1 saturated heterocycles. The minimum Gasteiger partial charge on any atom is -0.465 e. The van der Waals surface area contributed by atoms with E-state index in [9.17, 15) is 9.59 Å². The zero-order chi connectivity index (χ0) is 21.8. The molecule has 0 N–H and O–H groups in total. The highest BCUT2D eigenvalue weighted by atomic mass is 16.7. The van der Waals surface area contributed by atoms with E-state index in [0.29, 0.717) is 24.9 Å². The predicted octanol–water partition coefficient (Wildman–Crippen LogP) is 4.33. The van der Waals surface area contributed by atoms with E-state index < -0.39 is 6.16 Å². The van der Waals surface area contributed by atoms with Gasteiger partial charge in [0.1, 0.15) is 6.61 Å². The van der Waals surface area contributed by atoms with Gasteiger partial charge in [0.2, 0.25) is 0 Å². The van der Waals surface area contributed by atoms with Gasteiger partial charge in [0.05, 0.1) is 13.2 Å². The average molecular weight is 435 g/mol. The zero-order valence-electron chi connectivity index (χ0n) is 19.1. The number of rotatable bonds is 9. The molecule has 1 aliphatic heterocycles. The van der Waals surface area contributed by atoms with Gasteiger partial charge in [-0.15, -0.1) is 0 Å². The first-order chi connectivity index (χ1) is 15.0. The van der Waals surface area contributed by atoms with Crippen molar-refractivity contribution in [2.75, 3.05) is 39.5 Å². The number of hydrogen-bond acceptors (Lipinski definition) is 6. The summed E-state index contributed by atoms with van der Waals surface area (Å²) in [5.74, 6) is 3.78. The second kappa shape index (κ2) is 10.5. The highest BCUT2D eigenvalue weighted by Crippen LogP contribution is 2.57. The highest BCUT2D eigenvalue weighted by Gasteiger charge is 2.48. The Labute approximate surface area is 187 Å². The molecule has 6 nitrogen and oxygen atoms in total. The van der Waals surface area contributed by atoms with Crippen LogP contribution in [0.2, 0.25) is 0 Å². The molecule has 0 aromatic rings. The largest absolute Gasteiger partial charge is 0.508 e. The minimum absolute atomic E-state index is 0.107. The number of carbonyl (C=O) groups excluding carboxylic acids is 2. The summed E-state index contributed by atoms with van der Waals surface area (Å²) in [5.41, 5.74) is 0. The van der Waals surface area contributed by atoms with Gasteiger partial charge in [-0.1, -0.05) is 6.92 Å². The van der Waals surface area contributed by atoms with Gasteiger partial charge >= 0.3 is 12.1 Å². The summed E-state index contributed by atoms with van der Waals surface area (Å²) in [5, 5.41) is 0. The molecule has 0 amide bonds. The smallest absolute Gasteiger partial charge is 0.465 e. The first-order valence-corrected chi connectivity index (χ1v) is 12.5. The first kappa shape index (κ1) is 22.9. The zero-order valence-corrected chi connectivity index (χ0v) is 19.1. The fraction of sp³-hybridized carbons (Fsp3) is 0.880. The Bertz CT molecular complexity index is 595.